The third kappa shape index (κ3) is 6.63. The fraction of sp³-hybridized carbons (Fsp3) is 0.510. The summed E-state index contributed by atoms with van der Waals surface area (Å²) in [4.78, 5) is 0. The zero-order chi connectivity index (χ0) is 37.0. The van der Waals surface area contributed by atoms with Gasteiger partial charge in [0.1, 0.15) is 23.0 Å². The molecule has 0 heterocycles. The quantitative estimate of drug-likeness (QED) is 0.170. The Hall–Kier alpha value is -3.92. The van der Waals surface area contributed by atoms with Crippen molar-refractivity contribution < 1.29 is 9.47 Å². The number of hydrogen-bond donors (Lipinski definition) is 2. The molecule has 4 saturated carbocycles. The summed E-state index contributed by atoms with van der Waals surface area (Å²) in [5.41, 5.74) is 16.9. The number of rotatable bonds is 9. The Bertz CT molecular complexity index is 1870. The monoisotopic (exact) mass is 710 g/mol. The first-order valence-corrected chi connectivity index (χ1v) is 20.7. The molecule has 53 heavy (non-hydrogen) atoms. The van der Waals surface area contributed by atoms with Crippen LogP contribution >= 0.6 is 0 Å². The lowest BCUT2D eigenvalue weighted by molar-refractivity contribution is -0.122. The smallest absolute Gasteiger partial charge is 0.127 e. The van der Waals surface area contributed by atoms with Gasteiger partial charge in [-0.05, 0) is 200 Å². The van der Waals surface area contributed by atoms with Gasteiger partial charge in [0.25, 0.3) is 0 Å². The number of hydrogen-bond acceptors (Lipinski definition) is 4. The summed E-state index contributed by atoms with van der Waals surface area (Å²) in [6.45, 7) is 12.9. The first-order valence-electron chi connectivity index (χ1n) is 20.7. The van der Waals surface area contributed by atoms with E-state index in [1.54, 1.807) is 0 Å². The van der Waals surface area contributed by atoms with E-state index in [1.807, 2.05) is 48.5 Å². The average Bonchev–Trinajstić information content (AvgIpc) is 3.51. The summed E-state index contributed by atoms with van der Waals surface area (Å²) >= 11 is 0. The van der Waals surface area contributed by atoms with Gasteiger partial charge in [0.05, 0.1) is 0 Å². The maximum Gasteiger partial charge on any atom is 0.127 e. The lowest BCUT2D eigenvalue weighted by Gasteiger charge is -2.63. The zero-order valence-corrected chi connectivity index (χ0v) is 32.8. The van der Waals surface area contributed by atoms with Crippen LogP contribution in [0.3, 0.4) is 0 Å². The van der Waals surface area contributed by atoms with Crippen molar-refractivity contribution in [2.24, 2.45) is 52.3 Å². The third-order valence-corrected chi connectivity index (χ3v) is 15.4. The van der Waals surface area contributed by atoms with Crippen molar-refractivity contribution in [1.29, 1.82) is 0 Å². The number of benzene rings is 4. The third-order valence-electron chi connectivity index (χ3n) is 15.4. The number of nitrogens with two attached hydrogens (primary N) is 2. The topological polar surface area (TPSA) is 70.5 Å². The Morgan fingerprint density at radius 1 is 0.604 bits per heavy atom. The zero-order valence-electron chi connectivity index (χ0n) is 32.8. The minimum absolute atomic E-state index is 0.106. The van der Waals surface area contributed by atoms with E-state index in [0.717, 1.165) is 76.3 Å². The van der Waals surface area contributed by atoms with E-state index >= 15 is 0 Å². The maximum absolute atomic E-state index is 6.45. The minimum atomic E-state index is -0.106. The first-order chi connectivity index (χ1) is 25.5. The lowest BCUT2D eigenvalue weighted by Crippen LogP contribution is -2.55. The van der Waals surface area contributed by atoms with E-state index in [0.29, 0.717) is 16.7 Å². The summed E-state index contributed by atoms with van der Waals surface area (Å²) in [5, 5.41) is 0. The molecule has 0 radical (unpaired) electrons. The van der Waals surface area contributed by atoms with Crippen molar-refractivity contribution in [1.82, 2.24) is 0 Å². The van der Waals surface area contributed by atoms with Gasteiger partial charge in [-0.1, -0.05) is 58.9 Å². The summed E-state index contributed by atoms with van der Waals surface area (Å²) in [5.74, 6) is 9.17. The predicted octanol–water partition coefficient (Wildman–Crippen LogP) is 13.1. The molecule has 8 rings (SSSR count). The van der Waals surface area contributed by atoms with E-state index < -0.39 is 0 Å². The van der Waals surface area contributed by atoms with Crippen LogP contribution in [0.15, 0.2) is 97.1 Å². The molecule has 0 amide bonds. The molecule has 4 heteroatoms. The van der Waals surface area contributed by atoms with Crippen LogP contribution < -0.4 is 20.9 Å². The van der Waals surface area contributed by atoms with Crippen molar-refractivity contribution in [2.75, 3.05) is 11.5 Å². The Labute approximate surface area is 319 Å². The molecule has 9 unspecified atom stereocenters. The van der Waals surface area contributed by atoms with Crippen LogP contribution in [0.2, 0.25) is 0 Å². The molecule has 4 nitrogen and oxygen atoms in total. The van der Waals surface area contributed by atoms with E-state index in [1.165, 1.54) is 68.9 Å². The van der Waals surface area contributed by atoms with Crippen molar-refractivity contribution >= 4 is 11.4 Å². The van der Waals surface area contributed by atoms with E-state index in [9.17, 15) is 0 Å². The normalized spacial score (nSPS) is 32.7. The van der Waals surface area contributed by atoms with Crippen LogP contribution in [0, 0.1) is 52.3 Å². The Balaban J connectivity index is 1.09. The van der Waals surface area contributed by atoms with Crippen molar-refractivity contribution in [3.05, 3.63) is 108 Å². The number of nitrogen functional groups attached to an aromatic ring is 2. The van der Waals surface area contributed by atoms with Crippen molar-refractivity contribution in [3.8, 4) is 23.0 Å². The minimum Gasteiger partial charge on any atom is -0.457 e. The van der Waals surface area contributed by atoms with Crippen molar-refractivity contribution in [3.63, 3.8) is 0 Å². The van der Waals surface area contributed by atoms with Gasteiger partial charge in [0.2, 0.25) is 0 Å². The summed E-state index contributed by atoms with van der Waals surface area (Å²) in [6.07, 6.45) is 13.5. The standard InChI is InChI=1S/C49H62N2O2/c1-32(2)29-33(3)44-23-24-45-43-22-11-36-31-49(28-27-47(36,4)46(43)25-26-48(44,45)5,34-9-16-39(17-10-34)52-40-18-12-37(50)13-19-40)35-7-6-8-42(30-35)53-41-20-14-38(51)15-21-41/h6-10,12-21,30,32-33,36,43-46H,11,22-29,31,50-51H2,1-5H3. The van der Waals surface area contributed by atoms with Gasteiger partial charge >= 0.3 is 0 Å². The SMILES string of the molecule is CC(C)CC(C)C1CCC2C3CCC4CC(c5ccc(Oc6ccc(N)cc6)cc5)(c5cccc(Oc6ccc(N)cc6)c5)CCC4(C)C3CCC12C. The highest BCUT2D eigenvalue weighted by atomic mass is 16.5. The molecule has 4 aromatic rings. The molecule has 280 valence electrons. The second kappa shape index (κ2) is 14.1. The summed E-state index contributed by atoms with van der Waals surface area (Å²) in [7, 11) is 0. The molecule has 0 bridgehead atoms. The van der Waals surface area contributed by atoms with E-state index in [2.05, 4.69) is 83.1 Å². The molecule has 4 aliphatic carbocycles. The molecule has 4 aromatic carbocycles. The van der Waals surface area contributed by atoms with E-state index in [4.69, 9.17) is 20.9 Å². The molecule has 4 fully saturated rings. The summed E-state index contributed by atoms with van der Waals surface area (Å²) < 4.78 is 12.7. The molecule has 4 N–H and O–H groups in total. The van der Waals surface area contributed by atoms with E-state index in [-0.39, 0.29) is 5.41 Å². The van der Waals surface area contributed by atoms with Crippen LogP contribution in [-0.2, 0) is 5.41 Å². The second-order valence-electron chi connectivity index (χ2n) is 18.7. The van der Waals surface area contributed by atoms with Crippen molar-refractivity contribution in [2.45, 2.75) is 104 Å². The fourth-order valence-electron chi connectivity index (χ4n) is 12.9. The van der Waals surface area contributed by atoms with Gasteiger partial charge < -0.3 is 20.9 Å². The highest BCUT2D eigenvalue weighted by Crippen LogP contribution is 2.70. The van der Waals surface area contributed by atoms with Gasteiger partial charge in [0, 0.05) is 16.8 Å². The molecule has 0 aliphatic heterocycles. The van der Waals surface area contributed by atoms with Gasteiger partial charge in [-0.15, -0.1) is 0 Å². The number of fused-ring (bicyclic) bond motifs is 5. The average molecular weight is 711 g/mol. The molecular formula is C49H62N2O2. The van der Waals surface area contributed by atoms with Gasteiger partial charge in [-0.25, -0.2) is 0 Å². The predicted molar refractivity (Wildman–Crippen MR) is 219 cm³/mol. The molecule has 0 aromatic heterocycles. The number of ether oxygens (including phenoxy) is 2. The van der Waals surface area contributed by atoms with Gasteiger partial charge in [-0.3, -0.25) is 0 Å². The molecule has 0 saturated heterocycles. The highest BCUT2D eigenvalue weighted by molar-refractivity contribution is 5.48. The van der Waals surface area contributed by atoms with Gasteiger partial charge in [0.15, 0.2) is 0 Å². The fourth-order valence-corrected chi connectivity index (χ4v) is 12.9. The molecule has 0 spiro atoms. The Morgan fingerprint density at radius 3 is 1.85 bits per heavy atom. The summed E-state index contributed by atoms with van der Waals surface area (Å²) in [6, 6.07) is 33.3. The Kier molecular flexibility index (Phi) is 9.57. The molecule has 9 atom stereocenters. The molecular weight excluding hydrogens is 649 g/mol. The van der Waals surface area contributed by atoms with Gasteiger partial charge in [-0.2, -0.15) is 0 Å². The Morgan fingerprint density at radius 2 is 1.21 bits per heavy atom. The second-order valence-corrected chi connectivity index (χ2v) is 18.7. The highest BCUT2D eigenvalue weighted by Gasteiger charge is 2.62. The number of anilines is 2. The maximum atomic E-state index is 6.45. The van der Waals surface area contributed by atoms with Crippen LogP contribution in [0.25, 0.3) is 0 Å². The first kappa shape index (κ1) is 36.1. The molecule has 4 aliphatic rings. The largest absolute Gasteiger partial charge is 0.457 e. The lowest BCUT2D eigenvalue weighted by atomic mass is 9.42. The van der Waals surface area contributed by atoms with Crippen LogP contribution in [0.1, 0.15) is 110 Å². The van der Waals surface area contributed by atoms with Crippen LogP contribution in [0.4, 0.5) is 11.4 Å². The van der Waals surface area contributed by atoms with Crippen LogP contribution in [-0.4, -0.2) is 0 Å². The van der Waals surface area contributed by atoms with Crippen LogP contribution in [0.5, 0.6) is 23.0 Å².